The molecule has 0 unspecified atom stereocenters. The molecule has 0 aromatic heterocycles. The molecule has 0 atom stereocenters. The van der Waals surface area contributed by atoms with Gasteiger partial charge in [0, 0.05) is 18.6 Å². The number of benzene rings is 1. The van der Waals surface area contributed by atoms with Crippen LogP contribution in [0.15, 0.2) is 24.3 Å². The van der Waals surface area contributed by atoms with Gasteiger partial charge in [-0.1, -0.05) is 19.1 Å². The predicted octanol–water partition coefficient (Wildman–Crippen LogP) is 3.66. The van der Waals surface area contributed by atoms with E-state index in [0.29, 0.717) is 11.4 Å². The highest BCUT2D eigenvalue weighted by Crippen LogP contribution is 2.33. The first kappa shape index (κ1) is 17.3. The number of hydrogen-bond donors (Lipinski definition) is 2. The molecule has 1 aromatic rings. The molecule has 0 spiro atoms. The van der Waals surface area contributed by atoms with E-state index in [4.69, 9.17) is 5.73 Å². The first-order chi connectivity index (χ1) is 10.7. The third kappa shape index (κ3) is 3.85. The fourth-order valence-electron chi connectivity index (χ4n) is 2.95. The number of amides is 1. The molecule has 1 amide bonds. The molecule has 1 aliphatic heterocycles. The van der Waals surface area contributed by atoms with Gasteiger partial charge in [-0.3, -0.25) is 9.80 Å². The molecule has 5 nitrogen and oxygen atoms in total. The van der Waals surface area contributed by atoms with Crippen LogP contribution in [0.4, 0.5) is 16.2 Å². The molecule has 2 rings (SSSR count). The lowest BCUT2D eigenvalue weighted by molar-refractivity contribution is 0.195. The molecule has 0 saturated heterocycles. The molecule has 3 N–H and O–H groups in total. The highest BCUT2D eigenvalue weighted by molar-refractivity contribution is 5.93. The Morgan fingerprint density at radius 3 is 2.57 bits per heavy atom. The Morgan fingerprint density at radius 2 is 2.09 bits per heavy atom. The molecule has 0 aliphatic carbocycles. The van der Waals surface area contributed by atoms with Crippen LogP contribution in [0.2, 0.25) is 0 Å². The standard InChI is InChI=1S/C18H27N3O2/c1-5-20-10-8-13(9-11-20)14-6-7-15(19)16(12-14)21(17(22)23)18(2,3)4/h6-8,12H,5,9-11,19H2,1-4H3,(H,22,23). The molecular formula is C18H27N3O2. The van der Waals surface area contributed by atoms with Gasteiger partial charge in [-0.05, 0) is 57.0 Å². The summed E-state index contributed by atoms with van der Waals surface area (Å²) in [4.78, 5) is 15.4. The second-order valence-corrected chi connectivity index (χ2v) is 6.93. The van der Waals surface area contributed by atoms with E-state index in [-0.39, 0.29) is 0 Å². The van der Waals surface area contributed by atoms with Gasteiger partial charge in [-0.2, -0.15) is 0 Å². The Morgan fingerprint density at radius 1 is 1.39 bits per heavy atom. The zero-order chi connectivity index (χ0) is 17.2. The van der Waals surface area contributed by atoms with Crippen molar-refractivity contribution in [3.8, 4) is 0 Å². The molecular weight excluding hydrogens is 290 g/mol. The van der Waals surface area contributed by atoms with Crippen molar-refractivity contribution in [2.24, 2.45) is 0 Å². The van der Waals surface area contributed by atoms with E-state index >= 15 is 0 Å². The molecule has 1 aliphatic rings. The van der Waals surface area contributed by atoms with E-state index in [0.717, 1.165) is 31.6 Å². The molecule has 0 radical (unpaired) electrons. The van der Waals surface area contributed by atoms with Crippen molar-refractivity contribution in [3.63, 3.8) is 0 Å². The zero-order valence-electron chi connectivity index (χ0n) is 14.5. The molecule has 0 bridgehead atoms. The van der Waals surface area contributed by atoms with Gasteiger partial charge in [-0.15, -0.1) is 0 Å². The van der Waals surface area contributed by atoms with Gasteiger partial charge in [0.1, 0.15) is 0 Å². The number of likely N-dealkylation sites (N-methyl/N-ethyl adjacent to an activating group) is 1. The van der Waals surface area contributed by atoms with Crippen LogP contribution in [0, 0.1) is 0 Å². The van der Waals surface area contributed by atoms with Crippen LogP contribution in [-0.4, -0.2) is 41.3 Å². The van der Waals surface area contributed by atoms with Crippen molar-refractivity contribution in [2.45, 2.75) is 39.7 Å². The summed E-state index contributed by atoms with van der Waals surface area (Å²) in [7, 11) is 0. The summed E-state index contributed by atoms with van der Waals surface area (Å²) < 4.78 is 0. The summed E-state index contributed by atoms with van der Waals surface area (Å²) in [5, 5.41) is 9.60. The Hall–Kier alpha value is -2.01. The summed E-state index contributed by atoms with van der Waals surface area (Å²) in [6, 6.07) is 5.69. The molecule has 0 saturated carbocycles. The smallest absolute Gasteiger partial charge is 0.412 e. The molecule has 5 heteroatoms. The second kappa shape index (κ2) is 6.62. The average molecular weight is 317 g/mol. The lowest BCUT2D eigenvalue weighted by Gasteiger charge is -2.34. The number of anilines is 2. The normalized spacial score (nSPS) is 16.1. The van der Waals surface area contributed by atoms with Crippen LogP contribution >= 0.6 is 0 Å². The number of carboxylic acid groups (broad SMARTS) is 1. The number of hydrogen-bond acceptors (Lipinski definition) is 3. The first-order valence-electron chi connectivity index (χ1n) is 8.08. The SMILES string of the molecule is CCN1CC=C(c2ccc(N)c(N(C(=O)O)C(C)(C)C)c2)CC1. The van der Waals surface area contributed by atoms with Crippen LogP contribution in [0.5, 0.6) is 0 Å². The Kier molecular flexibility index (Phi) is 5.00. The maximum Gasteiger partial charge on any atom is 0.412 e. The van der Waals surface area contributed by atoms with Gasteiger partial charge >= 0.3 is 6.09 Å². The minimum absolute atomic E-state index is 0.484. The number of nitrogens with two attached hydrogens (primary N) is 1. The van der Waals surface area contributed by atoms with Gasteiger partial charge in [-0.25, -0.2) is 4.79 Å². The maximum absolute atomic E-state index is 11.7. The van der Waals surface area contributed by atoms with E-state index in [9.17, 15) is 9.90 Å². The lowest BCUT2D eigenvalue weighted by Crippen LogP contribution is -2.45. The summed E-state index contributed by atoms with van der Waals surface area (Å²) >= 11 is 0. The molecule has 23 heavy (non-hydrogen) atoms. The van der Waals surface area contributed by atoms with E-state index in [2.05, 4.69) is 17.9 Å². The first-order valence-corrected chi connectivity index (χ1v) is 8.08. The van der Waals surface area contributed by atoms with Crippen molar-refractivity contribution in [1.29, 1.82) is 0 Å². The predicted molar refractivity (Wildman–Crippen MR) is 95.8 cm³/mol. The average Bonchev–Trinajstić information content (AvgIpc) is 2.48. The summed E-state index contributed by atoms with van der Waals surface area (Å²) in [6.45, 7) is 10.8. The van der Waals surface area contributed by atoms with Gasteiger partial charge < -0.3 is 10.8 Å². The highest BCUT2D eigenvalue weighted by atomic mass is 16.4. The van der Waals surface area contributed by atoms with Crippen LogP contribution in [0.1, 0.15) is 39.7 Å². The van der Waals surface area contributed by atoms with Crippen LogP contribution in [0.25, 0.3) is 5.57 Å². The third-order valence-corrected chi connectivity index (χ3v) is 4.24. The van der Waals surface area contributed by atoms with E-state index in [1.165, 1.54) is 10.5 Å². The molecule has 0 fully saturated rings. The molecule has 126 valence electrons. The Bertz CT molecular complexity index is 617. The quantitative estimate of drug-likeness (QED) is 0.835. The highest BCUT2D eigenvalue weighted by Gasteiger charge is 2.29. The Labute approximate surface area is 138 Å². The Balaban J connectivity index is 2.40. The monoisotopic (exact) mass is 317 g/mol. The largest absolute Gasteiger partial charge is 0.465 e. The van der Waals surface area contributed by atoms with Crippen molar-refractivity contribution in [2.75, 3.05) is 30.3 Å². The zero-order valence-corrected chi connectivity index (χ0v) is 14.5. The third-order valence-electron chi connectivity index (χ3n) is 4.24. The van der Waals surface area contributed by atoms with E-state index in [1.807, 2.05) is 32.9 Å². The fourth-order valence-corrected chi connectivity index (χ4v) is 2.95. The number of rotatable bonds is 3. The summed E-state index contributed by atoms with van der Waals surface area (Å²) in [6.07, 6.45) is 2.21. The fraction of sp³-hybridized carbons (Fsp3) is 0.500. The van der Waals surface area contributed by atoms with Crippen molar-refractivity contribution < 1.29 is 9.90 Å². The van der Waals surface area contributed by atoms with E-state index < -0.39 is 11.6 Å². The number of nitrogens with zero attached hydrogens (tertiary/aromatic N) is 2. The minimum Gasteiger partial charge on any atom is -0.465 e. The van der Waals surface area contributed by atoms with Gasteiger partial charge in [0.05, 0.1) is 11.4 Å². The number of carbonyl (C=O) groups is 1. The van der Waals surface area contributed by atoms with Crippen molar-refractivity contribution in [1.82, 2.24) is 4.90 Å². The summed E-state index contributed by atoms with van der Waals surface area (Å²) in [5.74, 6) is 0. The van der Waals surface area contributed by atoms with E-state index in [1.54, 1.807) is 6.07 Å². The van der Waals surface area contributed by atoms with Gasteiger partial charge in [0.15, 0.2) is 0 Å². The van der Waals surface area contributed by atoms with Crippen LogP contribution in [0.3, 0.4) is 0 Å². The molecule has 1 heterocycles. The van der Waals surface area contributed by atoms with Gasteiger partial charge in [0.2, 0.25) is 0 Å². The van der Waals surface area contributed by atoms with Crippen molar-refractivity contribution >= 4 is 23.0 Å². The maximum atomic E-state index is 11.7. The number of nitrogen functional groups attached to an aromatic ring is 1. The van der Waals surface area contributed by atoms with Crippen LogP contribution in [-0.2, 0) is 0 Å². The van der Waals surface area contributed by atoms with Crippen molar-refractivity contribution in [3.05, 3.63) is 29.8 Å². The summed E-state index contributed by atoms with van der Waals surface area (Å²) in [5.41, 5.74) is 8.86. The molecule has 1 aromatic carbocycles. The lowest BCUT2D eigenvalue weighted by atomic mass is 9.97. The van der Waals surface area contributed by atoms with Gasteiger partial charge in [0.25, 0.3) is 0 Å². The minimum atomic E-state index is -0.990. The van der Waals surface area contributed by atoms with Crippen LogP contribution < -0.4 is 10.6 Å². The second-order valence-electron chi connectivity index (χ2n) is 6.93. The topological polar surface area (TPSA) is 69.8 Å².